The molecule has 2 heteroatoms. The van der Waals surface area contributed by atoms with Crippen molar-refractivity contribution < 1.29 is 9.47 Å². The molecule has 0 N–H and O–H groups in total. The maximum atomic E-state index is 5.60. The molecule has 0 aliphatic heterocycles. The van der Waals surface area contributed by atoms with Gasteiger partial charge in [0.2, 0.25) is 0 Å². The van der Waals surface area contributed by atoms with Gasteiger partial charge in [-0.3, -0.25) is 0 Å². The molecule has 2 aliphatic carbocycles. The molecule has 13 heavy (non-hydrogen) atoms. The summed E-state index contributed by atoms with van der Waals surface area (Å²) in [6, 6.07) is 0. The summed E-state index contributed by atoms with van der Waals surface area (Å²) < 4.78 is 11.2. The summed E-state index contributed by atoms with van der Waals surface area (Å²) in [7, 11) is 3.56. The van der Waals surface area contributed by atoms with Gasteiger partial charge in [-0.15, -0.1) is 0 Å². The third-order valence-electron chi connectivity index (χ3n) is 4.51. The molecule has 2 bridgehead atoms. The number of fused-ring (bicyclic) bond motifs is 2. The molecule has 0 spiro atoms. The SMILES string of the molecule is COC1(OC)CC2CCC1C2(C)C. The van der Waals surface area contributed by atoms with Crippen LogP contribution in [0.4, 0.5) is 0 Å². The van der Waals surface area contributed by atoms with Crippen molar-refractivity contribution >= 4 is 0 Å². The first-order valence-electron chi connectivity index (χ1n) is 5.17. The van der Waals surface area contributed by atoms with Gasteiger partial charge in [0.25, 0.3) is 0 Å². The van der Waals surface area contributed by atoms with E-state index in [2.05, 4.69) is 13.8 Å². The predicted octanol–water partition coefficient (Wildman–Crippen LogP) is 2.43. The summed E-state index contributed by atoms with van der Waals surface area (Å²) in [5.41, 5.74) is 0.409. The van der Waals surface area contributed by atoms with Gasteiger partial charge in [0.15, 0.2) is 5.79 Å². The fourth-order valence-electron chi connectivity index (χ4n) is 3.57. The maximum Gasteiger partial charge on any atom is 0.171 e. The molecule has 0 heterocycles. The molecular weight excluding hydrogens is 164 g/mol. The normalized spacial score (nSPS) is 39.7. The maximum absolute atomic E-state index is 5.60. The molecule has 2 fully saturated rings. The number of hydrogen-bond acceptors (Lipinski definition) is 2. The average molecular weight is 184 g/mol. The first-order chi connectivity index (χ1) is 6.07. The lowest BCUT2D eigenvalue weighted by atomic mass is 9.81. The minimum atomic E-state index is -0.271. The largest absolute Gasteiger partial charge is 0.353 e. The van der Waals surface area contributed by atoms with E-state index in [0.717, 1.165) is 12.3 Å². The summed E-state index contributed by atoms with van der Waals surface area (Å²) in [5, 5.41) is 0. The molecule has 0 amide bonds. The predicted molar refractivity (Wildman–Crippen MR) is 51.4 cm³/mol. The van der Waals surface area contributed by atoms with Gasteiger partial charge in [0, 0.05) is 26.6 Å². The molecule has 0 radical (unpaired) electrons. The van der Waals surface area contributed by atoms with Gasteiger partial charge in [0.05, 0.1) is 0 Å². The van der Waals surface area contributed by atoms with E-state index < -0.39 is 0 Å². The zero-order valence-electron chi connectivity index (χ0n) is 9.09. The molecule has 0 aromatic rings. The van der Waals surface area contributed by atoms with Crippen LogP contribution in [-0.2, 0) is 9.47 Å². The van der Waals surface area contributed by atoms with E-state index in [4.69, 9.17) is 9.47 Å². The Bertz CT molecular complexity index is 206. The van der Waals surface area contributed by atoms with Crippen LogP contribution >= 0.6 is 0 Å². The Balaban J connectivity index is 2.29. The Morgan fingerprint density at radius 1 is 1.08 bits per heavy atom. The molecule has 0 aromatic carbocycles. The molecule has 2 unspecified atom stereocenters. The van der Waals surface area contributed by atoms with Crippen molar-refractivity contribution in [3.63, 3.8) is 0 Å². The van der Waals surface area contributed by atoms with E-state index in [0.29, 0.717) is 11.3 Å². The second-order valence-electron chi connectivity index (χ2n) is 5.07. The van der Waals surface area contributed by atoms with Crippen molar-refractivity contribution in [1.82, 2.24) is 0 Å². The van der Waals surface area contributed by atoms with Crippen LogP contribution in [0.3, 0.4) is 0 Å². The van der Waals surface area contributed by atoms with Gasteiger partial charge in [0.1, 0.15) is 0 Å². The third kappa shape index (κ3) is 1.02. The standard InChI is InChI=1S/C11H20O2/c1-10(2)8-5-6-9(10)11(7-8,12-3)13-4/h8-9H,5-7H2,1-4H3. The van der Waals surface area contributed by atoms with Crippen molar-refractivity contribution in [3.8, 4) is 0 Å². The summed E-state index contributed by atoms with van der Waals surface area (Å²) in [4.78, 5) is 0. The third-order valence-corrected chi connectivity index (χ3v) is 4.51. The van der Waals surface area contributed by atoms with Gasteiger partial charge in [-0.2, -0.15) is 0 Å². The number of methoxy groups -OCH3 is 2. The van der Waals surface area contributed by atoms with Crippen LogP contribution in [0, 0.1) is 17.3 Å². The highest BCUT2D eigenvalue weighted by Gasteiger charge is 2.62. The minimum Gasteiger partial charge on any atom is -0.353 e. The smallest absolute Gasteiger partial charge is 0.171 e. The van der Waals surface area contributed by atoms with Crippen LogP contribution in [-0.4, -0.2) is 20.0 Å². The quantitative estimate of drug-likeness (QED) is 0.614. The molecular formula is C11H20O2. The summed E-state index contributed by atoms with van der Waals surface area (Å²) in [5.74, 6) is 1.10. The lowest BCUT2D eigenvalue weighted by Gasteiger charge is -2.36. The summed E-state index contributed by atoms with van der Waals surface area (Å²) in [6.07, 6.45) is 3.70. The zero-order valence-corrected chi connectivity index (χ0v) is 9.09. The summed E-state index contributed by atoms with van der Waals surface area (Å²) >= 11 is 0. The second kappa shape index (κ2) is 2.71. The molecule has 2 aliphatic rings. The first kappa shape index (κ1) is 9.47. The Hall–Kier alpha value is -0.0800. The Morgan fingerprint density at radius 2 is 1.69 bits per heavy atom. The van der Waals surface area contributed by atoms with Crippen molar-refractivity contribution in [3.05, 3.63) is 0 Å². The molecule has 2 atom stereocenters. The zero-order chi connectivity index (χ0) is 9.69. The van der Waals surface area contributed by atoms with E-state index in [1.54, 1.807) is 14.2 Å². The van der Waals surface area contributed by atoms with E-state index in [1.807, 2.05) is 0 Å². The van der Waals surface area contributed by atoms with Crippen molar-refractivity contribution in [2.75, 3.05) is 14.2 Å². The lowest BCUT2D eigenvalue weighted by molar-refractivity contribution is -0.240. The van der Waals surface area contributed by atoms with Gasteiger partial charge in [-0.1, -0.05) is 13.8 Å². The Kier molecular flexibility index (Phi) is 1.97. The van der Waals surface area contributed by atoms with E-state index >= 15 is 0 Å². The molecule has 2 rings (SSSR count). The molecule has 76 valence electrons. The topological polar surface area (TPSA) is 18.5 Å². The monoisotopic (exact) mass is 184 g/mol. The first-order valence-corrected chi connectivity index (χ1v) is 5.17. The lowest BCUT2D eigenvalue weighted by Crippen LogP contribution is -2.41. The summed E-state index contributed by atoms with van der Waals surface area (Å²) in [6.45, 7) is 4.71. The highest BCUT2D eigenvalue weighted by Crippen LogP contribution is 2.63. The van der Waals surface area contributed by atoms with Crippen molar-refractivity contribution in [1.29, 1.82) is 0 Å². The fourth-order valence-corrected chi connectivity index (χ4v) is 3.57. The highest BCUT2D eigenvalue weighted by molar-refractivity contribution is 5.07. The minimum absolute atomic E-state index is 0.271. The van der Waals surface area contributed by atoms with Crippen molar-refractivity contribution in [2.24, 2.45) is 17.3 Å². The Labute approximate surface area is 80.6 Å². The number of rotatable bonds is 2. The van der Waals surface area contributed by atoms with Crippen LogP contribution in [0.25, 0.3) is 0 Å². The van der Waals surface area contributed by atoms with Gasteiger partial charge in [-0.25, -0.2) is 0 Å². The van der Waals surface area contributed by atoms with Gasteiger partial charge < -0.3 is 9.47 Å². The average Bonchev–Trinajstić information content (AvgIpc) is 2.53. The molecule has 2 saturated carbocycles. The highest BCUT2D eigenvalue weighted by atomic mass is 16.7. The van der Waals surface area contributed by atoms with Crippen LogP contribution in [0.15, 0.2) is 0 Å². The van der Waals surface area contributed by atoms with Crippen LogP contribution < -0.4 is 0 Å². The second-order valence-corrected chi connectivity index (χ2v) is 5.07. The molecule has 0 aromatic heterocycles. The molecule has 2 nitrogen and oxygen atoms in total. The van der Waals surface area contributed by atoms with Gasteiger partial charge >= 0.3 is 0 Å². The number of hydrogen-bond donors (Lipinski definition) is 0. The van der Waals surface area contributed by atoms with Crippen LogP contribution in [0.1, 0.15) is 33.1 Å². The van der Waals surface area contributed by atoms with Crippen LogP contribution in [0.2, 0.25) is 0 Å². The fraction of sp³-hybridized carbons (Fsp3) is 1.00. The molecule has 0 saturated heterocycles. The Morgan fingerprint density at radius 3 is 1.92 bits per heavy atom. The number of ether oxygens (including phenoxy) is 2. The van der Waals surface area contributed by atoms with E-state index in [9.17, 15) is 0 Å². The van der Waals surface area contributed by atoms with Crippen molar-refractivity contribution in [2.45, 2.75) is 38.9 Å². The van der Waals surface area contributed by atoms with Crippen LogP contribution in [0.5, 0.6) is 0 Å². The van der Waals surface area contributed by atoms with E-state index in [1.165, 1.54) is 12.8 Å². The van der Waals surface area contributed by atoms with Gasteiger partial charge in [-0.05, 0) is 24.2 Å². The van der Waals surface area contributed by atoms with E-state index in [-0.39, 0.29) is 5.79 Å².